The summed E-state index contributed by atoms with van der Waals surface area (Å²) < 4.78 is 0. The molecule has 1 aromatic rings. The van der Waals surface area contributed by atoms with Crippen molar-refractivity contribution in [3.8, 4) is 0 Å². The molecule has 2 amide bonds. The van der Waals surface area contributed by atoms with Crippen LogP contribution in [0.4, 0.5) is 4.79 Å². The molecule has 1 N–H and O–H groups in total. The van der Waals surface area contributed by atoms with Crippen LogP contribution in [0.1, 0.15) is 24.0 Å². The van der Waals surface area contributed by atoms with E-state index in [2.05, 4.69) is 0 Å². The van der Waals surface area contributed by atoms with Crippen LogP contribution in [-0.4, -0.2) is 40.0 Å². The second-order valence-electron chi connectivity index (χ2n) is 5.53. The highest BCUT2D eigenvalue weighted by molar-refractivity contribution is 5.77. The highest BCUT2D eigenvalue weighted by Gasteiger charge is 2.32. The number of urea groups is 1. The second kappa shape index (κ2) is 5.15. The summed E-state index contributed by atoms with van der Waals surface area (Å²) in [6.45, 7) is 2.25. The van der Waals surface area contributed by atoms with Crippen molar-refractivity contribution in [3.05, 3.63) is 35.4 Å². The van der Waals surface area contributed by atoms with Crippen molar-refractivity contribution in [1.29, 1.82) is 0 Å². The molecule has 20 heavy (non-hydrogen) atoms. The Morgan fingerprint density at radius 3 is 2.35 bits per heavy atom. The first-order chi connectivity index (χ1) is 9.65. The highest BCUT2D eigenvalue weighted by atomic mass is 16.4. The predicted molar refractivity (Wildman–Crippen MR) is 73.0 cm³/mol. The molecule has 3 rings (SSSR count). The zero-order valence-electron chi connectivity index (χ0n) is 11.3. The molecule has 106 valence electrons. The molecule has 1 fully saturated rings. The molecule has 0 aromatic heterocycles. The van der Waals surface area contributed by atoms with Crippen molar-refractivity contribution in [3.63, 3.8) is 0 Å². The molecule has 0 radical (unpaired) electrons. The van der Waals surface area contributed by atoms with Crippen LogP contribution in [0.25, 0.3) is 0 Å². The number of hydrogen-bond donors (Lipinski definition) is 1. The van der Waals surface area contributed by atoms with Gasteiger partial charge in [-0.05, 0) is 24.0 Å². The molecule has 1 atom stereocenters. The van der Waals surface area contributed by atoms with Gasteiger partial charge in [0.25, 0.3) is 0 Å². The van der Waals surface area contributed by atoms with E-state index in [1.165, 1.54) is 11.1 Å². The fourth-order valence-corrected chi connectivity index (χ4v) is 3.02. The standard InChI is InChI=1S/C15H18N2O3/c18-14(19)13-6-3-7-16(10-13)15(20)17-8-11-4-1-2-5-12(11)9-17/h1-2,4-5,13H,3,6-10H2,(H,18,19)/t13-/m0/s1. The lowest BCUT2D eigenvalue weighted by Crippen LogP contribution is -2.47. The van der Waals surface area contributed by atoms with E-state index in [1.807, 2.05) is 24.3 Å². The number of amides is 2. The Morgan fingerprint density at radius 1 is 1.10 bits per heavy atom. The van der Waals surface area contributed by atoms with Crippen LogP contribution in [0, 0.1) is 5.92 Å². The van der Waals surface area contributed by atoms with Gasteiger partial charge in [0.2, 0.25) is 0 Å². The Hall–Kier alpha value is -2.04. The summed E-state index contributed by atoms with van der Waals surface area (Å²) in [5.74, 6) is -1.22. The van der Waals surface area contributed by atoms with Gasteiger partial charge in [-0.1, -0.05) is 24.3 Å². The van der Waals surface area contributed by atoms with E-state index in [0.717, 1.165) is 6.42 Å². The number of carbonyl (C=O) groups excluding carboxylic acids is 1. The van der Waals surface area contributed by atoms with Crippen LogP contribution in [0.2, 0.25) is 0 Å². The van der Waals surface area contributed by atoms with Gasteiger partial charge in [0.15, 0.2) is 0 Å². The van der Waals surface area contributed by atoms with Crippen molar-refractivity contribution in [1.82, 2.24) is 9.80 Å². The van der Waals surface area contributed by atoms with Crippen LogP contribution in [-0.2, 0) is 17.9 Å². The molecule has 0 saturated carbocycles. The van der Waals surface area contributed by atoms with Crippen LogP contribution >= 0.6 is 0 Å². The number of benzene rings is 1. The van der Waals surface area contributed by atoms with Crippen LogP contribution in [0.5, 0.6) is 0 Å². The number of carbonyl (C=O) groups is 2. The van der Waals surface area contributed by atoms with E-state index in [9.17, 15) is 9.59 Å². The smallest absolute Gasteiger partial charge is 0.320 e. The third kappa shape index (κ3) is 2.35. The maximum absolute atomic E-state index is 12.5. The molecule has 1 aromatic carbocycles. The fourth-order valence-electron chi connectivity index (χ4n) is 3.02. The first-order valence-electron chi connectivity index (χ1n) is 6.98. The zero-order valence-corrected chi connectivity index (χ0v) is 11.3. The molecule has 2 aliphatic heterocycles. The second-order valence-corrected chi connectivity index (χ2v) is 5.53. The molecule has 1 saturated heterocycles. The fraction of sp³-hybridized carbons (Fsp3) is 0.467. The van der Waals surface area contributed by atoms with E-state index < -0.39 is 11.9 Å². The van der Waals surface area contributed by atoms with Crippen molar-refractivity contribution in [2.24, 2.45) is 5.92 Å². The third-order valence-electron chi connectivity index (χ3n) is 4.15. The number of carboxylic acids is 1. The summed E-state index contributed by atoms with van der Waals surface area (Å²) in [5, 5.41) is 9.09. The van der Waals surface area contributed by atoms with Crippen LogP contribution in [0.15, 0.2) is 24.3 Å². The van der Waals surface area contributed by atoms with Gasteiger partial charge in [-0.25, -0.2) is 4.79 Å². The normalized spacial score (nSPS) is 21.7. The van der Waals surface area contributed by atoms with Gasteiger partial charge >= 0.3 is 12.0 Å². The number of carboxylic acid groups (broad SMARTS) is 1. The molecular weight excluding hydrogens is 256 g/mol. The summed E-state index contributed by atoms with van der Waals surface area (Å²) in [5.41, 5.74) is 2.38. The van der Waals surface area contributed by atoms with Crippen molar-refractivity contribution in [2.75, 3.05) is 13.1 Å². The first kappa shape index (κ1) is 13.0. The average molecular weight is 274 g/mol. The van der Waals surface area contributed by atoms with Crippen molar-refractivity contribution >= 4 is 12.0 Å². The largest absolute Gasteiger partial charge is 0.481 e. The lowest BCUT2D eigenvalue weighted by atomic mass is 9.99. The van der Waals surface area contributed by atoms with Crippen LogP contribution < -0.4 is 0 Å². The third-order valence-corrected chi connectivity index (χ3v) is 4.15. The Morgan fingerprint density at radius 2 is 1.75 bits per heavy atom. The Balaban J connectivity index is 1.67. The average Bonchev–Trinajstić information content (AvgIpc) is 2.90. The van der Waals surface area contributed by atoms with Gasteiger partial charge in [0, 0.05) is 26.2 Å². The van der Waals surface area contributed by atoms with E-state index in [-0.39, 0.29) is 6.03 Å². The number of aliphatic carboxylic acids is 1. The minimum absolute atomic E-state index is 0.0350. The first-order valence-corrected chi connectivity index (χ1v) is 6.98. The van der Waals surface area contributed by atoms with E-state index in [0.29, 0.717) is 32.6 Å². The molecule has 0 bridgehead atoms. The summed E-state index contributed by atoms with van der Waals surface area (Å²) in [6.07, 6.45) is 1.43. The van der Waals surface area contributed by atoms with E-state index in [1.54, 1.807) is 9.80 Å². The van der Waals surface area contributed by atoms with Gasteiger partial charge in [-0.3, -0.25) is 4.79 Å². The highest BCUT2D eigenvalue weighted by Crippen LogP contribution is 2.25. The number of likely N-dealkylation sites (tertiary alicyclic amines) is 1. The van der Waals surface area contributed by atoms with E-state index in [4.69, 9.17) is 5.11 Å². The Kier molecular flexibility index (Phi) is 3.34. The summed E-state index contributed by atoms with van der Waals surface area (Å²) >= 11 is 0. The Labute approximate surface area is 117 Å². The zero-order chi connectivity index (χ0) is 14.1. The number of fused-ring (bicyclic) bond motifs is 1. The Bertz CT molecular complexity index is 519. The van der Waals surface area contributed by atoms with Gasteiger partial charge < -0.3 is 14.9 Å². The molecular formula is C15H18N2O3. The van der Waals surface area contributed by atoms with E-state index >= 15 is 0 Å². The molecule has 0 unspecified atom stereocenters. The minimum Gasteiger partial charge on any atom is -0.481 e. The number of piperidine rings is 1. The quantitative estimate of drug-likeness (QED) is 0.851. The molecule has 2 aliphatic rings. The summed E-state index contributed by atoms with van der Waals surface area (Å²) in [4.78, 5) is 27.1. The summed E-state index contributed by atoms with van der Waals surface area (Å²) in [6, 6.07) is 8.01. The van der Waals surface area contributed by atoms with Gasteiger partial charge in [-0.15, -0.1) is 0 Å². The summed E-state index contributed by atoms with van der Waals surface area (Å²) in [7, 11) is 0. The van der Waals surface area contributed by atoms with Gasteiger partial charge in [0.05, 0.1) is 5.92 Å². The molecule has 0 aliphatic carbocycles. The molecule has 2 heterocycles. The SMILES string of the molecule is O=C(O)[C@H]1CCCN(C(=O)N2Cc3ccccc3C2)C1. The van der Waals surface area contributed by atoms with Crippen molar-refractivity contribution < 1.29 is 14.7 Å². The maximum atomic E-state index is 12.5. The van der Waals surface area contributed by atoms with Gasteiger partial charge in [-0.2, -0.15) is 0 Å². The molecule has 0 spiro atoms. The predicted octanol–water partition coefficient (Wildman–Crippen LogP) is 1.92. The minimum atomic E-state index is -0.799. The van der Waals surface area contributed by atoms with Crippen LogP contribution in [0.3, 0.4) is 0 Å². The lowest BCUT2D eigenvalue weighted by molar-refractivity contribution is -0.143. The maximum Gasteiger partial charge on any atom is 0.320 e. The number of rotatable bonds is 1. The number of hydrogen-bond acceptors (Lipinski definition) is 2. The molecule has 5 heteroatoms. The monoisotopic (exact) mass is 274 g/mol. The van der Waals surface area contributed by atoms with Gasteiger partial charge in [0.1, 0.15) is 0 Å². The number of nitrogens with zero attached hydrogens (tertiary/aromatic N) is 2. The topological polar surface area (TPSA) is 60.9 Å². The van der Waals surface area contributed by atoms with Crippen molar-refractivity contribution in [2.45, 2.75) is 25.9 Å². The lowest BCUT2D eigenvalue weighted by Gasteiger charge is -2.33. The molecule has 5 nitrogen and oxygen atoms in total.